The van der Waals surface area contributed by atoms with E-state index in [9.17, 15) is 0 Å². The van der Waals surface area contributed by atoms with E-state index in [1.807, 2.05) is 11.8 Å². The van der Waals surface area contributed by atoms with Gasteiger partial charge in [0.25, 0.3) is 0 Å². The minimum absolute atomic E-state index is 0.240. The molecular formula is C10H18N2S. The monoisotopic (exact) mass is 198 g/mol. The number of rotatable bonds is 1. The maximum Gasteiger partial charge on any atom is 0.157 e. The maximum atomic E-state index is 4.78. The van der Waals surface area contributed by atoms with Crippen molar-refractivity contribution in [3.8, 4) is 0 Å². The third-order valence-corrected chi connectivity index (χ3v) is 4.15. The fourth-order valence-electron chi connectivity index (χ4n) is 1.72. The molecule has 1 N–H and O–H groups in total. The zero-order valence-electron chi connectivity index (χ0n) is 8.68. The molecule has 0 aromatic heterocycles. The van der Waals surface area contributed by atoms with Crippen LogP contribution in [-0.4, -0.2) is 22.0 Å². The molecule has 0 aromatic carbocycles. The lowest BCUT2D eigenvalue weighted by atomic mass is 9.79. The molecule has 74 valence electrons. The lowest BCUT2D eigenvalue weighted by Gasteiger charge is -2.34. The van der Waals surface area contributed by atoms with Gasteiger partial charge >= 0.3 is 0 Å². The molecule has 0 radical (unpaired) electrons. The lowest BCUT2D eigenvalue weighted by molar-refractivity contribution is 0.279. The van der Waals surface area contributed by atoms with E-state index in [0.29, 0.717) is 0 Å². The largest absolute Gasteiger partial charge is 0.359 e. The minimum atomic E-state index is 0.240. The van der Waals surface area contributed by atoms with E-state index in [1.165, 1.54) is 19.3 Å². The predicted molar refractivity (Wildman–Crippen MR) is 59.4 cm³/mol. The summed E-state index contributed by atoms with van der Waals surface area (Å²) in [6, 6.07) is 0. The molecule has 2 rings (SSSR count). The van der Waals surface area contributed by atoms with Gasteiger partial charge in [-0.1, -0.05) is 11.8 Å². The second kappa shape index (κ2) is 2.91. The number of nitrogens with zero attached hydrogens (tertiary/aromatic N) is 1. The molecule has 0 unspecified atom stereocenters. The first kappa shape index (κ1) is 9.38. The topological polar surface area (TPSA) is 24.4 Å². The van der Waals surface area contributed by atoms with Crippen molar-refractivity contribution in [1.82, 2.24) is 5.32 Å². The smallest absolute Gasteiger partial charge is 0.157 e. The number of aliphatic imine (C=N–C) groups is 1. The summed E-state index contributed by atoms with van der Waals surface area (Å²) < 4.78 is 0. The van der Waals surface area contributed by atoms with Crippen molar-refractivity contribution in [2.45, 2.75) is 51.1 Å². The Morgan fingerprint density at radius 3 is 2.38 bits per heavy atom. The molecule has 2 fully saturated rings. The molecule has 2 aliphatic rings. The van der Waals surface area contributed by atoms with E-state index in [4.69, 9.17) is 4.99 Å². The molecule has 0 bridgehead atoms. The lowest BCUT2D eigenvalue weighted by Crippen LogP contribution is -2.39. The van der Waals surface area contributed by atoms with Gasteiger partial charge in [-0.25, -0.2) is 0 Å². The molecule has 13 heavy (non-hydrogen) atoms. The molecule has 0 amide bonds. The second-order valence-corrected chi connectivity index (χ2v) is 6.03. The third kappa shape index (κ3) is 2.01. The number of nitrogens with one attached hydrogen (secondary N) is 1. The minimum Gasteiger partial charge on any atom is -0.359 e. The van der Waals surface area contributed by atoms with Gasteiger partial charge in [0.1, 0.15) is 0 Å². The maximum absolute atomic E-state index is 4.78. The molecule has 1 saturated heterocycles. The van der Waals surface area contributed by atoms with Crippen molar-refractivity contribution < 1.29 is 0 Å². The van der Waals surface area contributed by atoms with Crippen LogP contribution in [0.25, 0.3) is 0 Å². The van der Waals surface area contributed by atoms with Crippen molar-refractivity contribution in [1.29, 1.82) is 0 Å². The van der Waals surface area contributed by atoms with E-state index >= 15 is 0 Å². The van der Waals surface area contributed by atoms with Gasteiger partial charge in [-0.15, -0.1) is 0 Å². The zero-order valence-corrected chi connectivity index (χ0v) is 9.50. The van der Waals surface area contributed by atoms with Crippen molar-refractivity contribution >= 4 is 16.9 Å². The first-order chi connectivity index (χ1) is 5.99. The number of amidine groups is 1. The molecule has 2 nitrogen and oxygen atoms in total. The molecule has 1 saturated carbocycles. The highest BCUT2D eigenvalue weighted by Crippen LogP contribution is 2.36. The van der Waals surface area contributed by atoms with Crippen molar-refractivity contribution in [3.63, 3.8) is 0 Å². The summed E-state index contributed by atoms with van der Waals surface area (Å²) in [6.07, 6.45) is 3.87. The Hall–Kier alpha value is -0.180. The normalized spacial score (nSPS) is 32.7. The standard InChI is InChI=1S/C10H18N2S/c1-9(2)7-13-8(11-9)12-10(3)5-4-6-10/h4-7H2,1-3H3,(H,11,12). The summed E-state index contributed by atoms with van der Waals surface area (Å²) >= 11 is 1.86. The quantitative estimate of drug-likeness (QED) is 0.699. The molecule has 3 heteroatoms. The predicted octanol–water partition coefficient (Wildman–Crippen LogP) is 2.40. The molecule has 1 aliphatic carbocycles. The van der Waals surface area contributed by atoms with Crippen LogP contribution in [0.5, 0.6) is 0 Å². The van der Waals surface area contributed by atoms with Gasteiger partial charge in [0.05, 0.1) is 5.54 Å². The van der Waals surface area contributed by atoms with Crippen LogP contribution in [0.4, 0.5) is 0 Å². The van der Waals surface area contributed by atoms with E-state index in [1.54, 1.807) is 0 Å². The Kier molecular flexibility index (Phi) is 2.10. The molecule has 1 heterocycles. The Balaban J connectivity index is 2.02. The second-order valence-electron chi connectivity index (χ2n) is 5.07. The summed E-state index contributed by atoms with van der Waals surface area (Å²) in [6.45, 7) is 6.72. The van der Waals surface area contributed by atoms with Gasteiger partial charge in [0.2, 0.25) is 0 Å². The van der Waals surface area contributed by atoms with E-state index in [0.717, 1.165) is 10.9 Å². The first-order valence-corrected chi connectivity index (χ1v) is 5.99. The van der Waals surface area contributed by atoms with Crippen LogP contribution >= 0.6 is 11.8 Å². The first-order valence-electron chi connectivity index (χ1n) is 5.00. The Morgan fingerprint density at radius 2 is 2.00 bits per heavy atom. The molecule has 0 aromatic rings. The average Bonchev–Trinajstić information content (AvgIpc) is 2.27. The highest BCUT2D eigenvalue weighted by molar-refractivity contribution is 8.14. The van der Waals surface area contributed by atoms with Crippen molar-refractivity contribution in [2.75, 3.05) is 5.75 Å². The van der Waals surface area contributed by atoms with Gasteiger partial charge in [-0.05, 0) is 40.0 Å². The SMILES string of the molecule is CC1(N=C2NC(C)(C)CS2)CCC1. The van der Waals surface area contributed by atoms with Crippen molar-refractivity contribution in [3.05, 3.63) is 0 Å². The molecule has 1 aliphatic heterocycles. The fourth-order valence-corrected chi connectivity index (χ4v) is 2.92. The zero-order chi connectivity index (χ0) is 9.53. The highest BCUT2D eigenvalue weighted by atomic mass is 32.2. The van der Waals surface area contributed by atoms with Crippen LogP contribution in [0.15, 0.2) is 4.99 Å². The van der Waals surface area contributed by atoms with E-state index < -0.39 is 0 Å². The summed E-state index contributed by atoms with van der Waals surface area (Å²) in [5, 5.41) is 4.63. The Bertz CT molecular complexity index is 241. The van der Waals surface area contributed by atoms with Gasteiger partial charge < -0.3 is 5.32 Å². The van der Waals surface area contributed by atoms with Crippen LogP contribution < -0.4 is 5.32 Å². The Labute approximate surface area is 84.6 Å². The molecular weight excluding hydrogens is 180 g/mol. The van der Waals surface area contributed by atoms with Crippen LogP contribution in [0.2, 0.25) is 0 Å². The van der Waals surface area contributed by atoms with Gasteiger partial charge in [0, 0.05) is 11.3 Å². The van der Waals surface area contributed by atoms with Crippen molar-refractivity contribution in [2.24, 2.45) is 4.99 Å². The highest BCUT2D eigenvalue weighted by Gasteiger charge is 2.34. The summed E-state index contributed by atoms with van der Waals surface area (Å²) in [5.74, 6) is 1.14. The van der Waals surface area contributed by atoms with Gasteiger partial charge in [-0.3, -0.25) is 4.99 Å². The third-order valence-electron chi connectivity index (χ3n) is 2.82. The molecule has 0 atom stereocenters. The van der Waals surface area contributed by atoms with E-state index in [2.05, 4.69) is 26.1 Å². The van der Waals surface area contributed by atoms with Crippen LogP contribution in [0.3, 0.4) is 0 Å². The summed E-state index contributed by atoms with van der Waals surface area (Å²) in [5.41, 5.74) is 0.499. The summed E-state index contributed by atoms with van der Waals surface area (Å²) in [7, 11) is 0. The Morgan fingerprint density at radius 1 is 1.31 bits per heavy atom. The van der Waals surface area contributed by atoms with Gasteiger partial charge in [0.15, 0.2) is 5.17 Å². The van der Waals surface area contributed by atoms with Crippen LogP contribution in [-0.2, 0) is 0 Å². The number of hydrogen-bond acceptors (Lipinski definition) is 2. The molecule has 0 spiro atoms. The summed E-state index contributed by atoms with van der Waals surface area (Å²) in [4.78, 5) is 4.78. The van der Waals surface area contributed by atoms with Gasteiger partial charge in [-0.2, -0.15) is 0 Å². The van der Waals surface area contributed by atoms with E-state index in [-0.39, 0.29) is 11.1 Å². The van der Waals surface area contributed by atoms with Crippen LogP contribution in [0.1, 0.15) is 40.0 Å². The number of hydrogen-bond donors (Lipinski definition) is 1. The average molecular weight is 198 g/mol. The fraction of sp³-hybridized carbons (Fsp3) is 0.900. The van der Waals surface area contributed by atoms with Crippen LogP contribution in [0, 0.1) is 0 Å². The number of thioether (sulfide) groups is 1.